The van der Waals surface area contributed by atoms with Gasteiger partial charge in [-0.05, 0) is 74.6 Å². The molecule has 0 spiro atoms. The van der Waals surface area contributed by atoms with Gasteiger partial charge < -0.3 is 9.47 Å². The molecule has 30 heavy (non-hydrogen) atoms. The molecular weight excluding hydrogens is 376 g/mol. The van der Waals surface area contributed by atoms with Gasteiger partial charge in [0.2, 0.25) is 0 Å². The molecule has 160 valence electrons. The Morgan fingerprint density at radius 2 is 1.07 bits per heavy atom. The molecule has 2 aliphatic rings. The Labute approximate surface area is 179 Å². The Morgan fingerprint density at radius 3 is 1.40 bits per heavy atom. The number of benzene rings is 2. The smallest absolute Gasteiger partial charge is 0.309 e. The minimum absolute atomic E-state index is 0.0686. The van der Waals surface area contributed by atoms with E-state index in [1.54, 1.807) is 0 Å². The molecule has 2 aromatic rings. The first kappa shape index (κ1) is 22.1. The predicted molar refractivity (Wildman–Crippen MR) is 118 cm³/mol. The Bertz CT molecular complexity index is 869. The number of esters is 2. The summed E-state index contributed by atoms with van der Waals surface area (Å²) in [5.41, 5.74) is 7.68. The molecule has 4 unspecified atom stereocenters. The molecule has 4 nitrogen and oxygen atoms in total. The molecule has 4 rings (SSSR count). The van der Waals surface area contributed by atoms with Crippen LogP contribution in [0.3, 0.4) is 0 Å². The zero-order valence-electron chi connectivity index (χ0n) is 18.8. The van der Waals surface area contributed by atoms with Crippen molar-refractivity contribution in [1.82, 2.24) is 0 Å². The van der Waals surface area contributed by atoms with Crippen molar-refractivity contribution in [1.29, 1.82) is 0 Å². The van der Waals surface area contributed by atoms with Crippen LogP contribution in [0.25, 0.3) is 0 Å². The number of methoxy groups -OCH3 is 2. The van der Waals surface area contributed by atoms with Gasteiger partial charge in [-0.25, -0.2) is 0 Å². The standard InChI is InChI=1S/2C13H16O2/c2*1-8-4-5-9(2)10(6-8)11-7-12(11)13(14)15-3/h2*4-6,11-12H,7H2,1-3H3. The number of carbonyl (C=O) groups excluding carboxylic acids is 2. The van der Waals surface area contributed by atoms with Gasteiger partial charge in [0.25, 0.3) is 0 Å². The molecule has 2 aliphatic carbocycles. The monoisotopic (exact) mass is 408 g/mol. The van der Waals surface area contributed by atoms with E-state index in [1.165, 1.54) is 47.6 Å². The van der Waals surface area contributed by atoms with Gasteiger partial charge in [0.15, 0.2) is 0 Å². The van der Waals surface area contributed by atoms with Gasteiger partial charge >= 0.3 is 11.9 Å². The van der Waals surface area contributed by atoms with Crippen LogP contribution in [0.15, 0.2) is 36.4 Å². The van der Waals surface area contributed by atoms with Crippen molar-refractivity contribution in [2.75, 3.05) is 14.2 Å². The van der Waals surface area contributed by atoms with E-state index in [2.05, 4.69) is 64.1 Å². The fraction of sp³-hybridized carbons (Fsp3) is 0.462. The molecule has 4 heteroatoms. The molecule has 0 bridgehead atoms. The summed E-state index contributed by atoms with van der Waals surface area (Å²) in [6.07, 6.45) is 1.88. The summed E-state index contributed by atoms with van der Waals surface area (Å²) in [6, 6.07) is 12.8. The van der Waals surface area contributed by atoms with E-state index < -0.39 is 0 Å². The summed E-state index contributed by atoms with van der Waals surface area (Å²) in [4.78, 5) is 22.7. The fourth-order valence-electron chi connectivity index (χ4n) is 4.22. The third-order valence-corrected chi connectivity index (χ3v) is 6.26. The molecule has 0 aliphatic heterocycles. The number of hydrogen-bond acceptors (Lipinski definition) is 4. The van der Waals surface area contributed by atoms with Crippen LogP contribution in [0.5, 0.6) is 0 Å². The highest BCUT2D eigenvalue weighted by molar-refractivity contribution is 5.78. The summed E-state index contributed by atoms with van der Waals surface area (Å²) in [6.45, 7) is 8.36. The molecule has 0 amide bonds. The average Bonchev–Trinajstić information content (AvgIpc) is 3.64. The number of aryl methyl sites for hydroxylation is 4. The van der Waals surface area contributed by atoms with Crippen molar-refractivity contribution < 1.29 is 19.1 Å². The van der Waals surface area contributed by atoms with Gasteiger partial charge in [-0.2, -0.15) is 0 Å². The third kappa shape index (κ3) is 4.92. The van der Waals surface area contributed by atoms with Crippen LogP contribution in [0.1, 0.15) is 58.1 Å². The molecule has 0 aromatic heterocycles. The first-order valence-electron chi connectivity index (χ1n) is 10.6. The van der Waals surface area contributed by atoms with Gasteiger partial charge in [0.1, 0.15) is 0 Å². The Balaban J connectivity index is 0.000000171. The van der Waals surface area contributed by atoms with Crippen molar-refractivity contribution in [2.45, 2.75) is 52.4 Å². The lowest BCUT2D eigenvalue weighted by Gasteiger charge is -2.05. The number of hydrogen-bond donors (Lipinski definition) is 0. The minimum Gasteiger partial charge on any atom is -0.469 e. The van der Waals surface area contributed by atoms with E-state index in [-0.39, 0.29) is 23.8 Å². The SMILES string of the molecule is COC(=O)C1CC1c1cc(C)ccc1C.COC(=O)C1CC1c1cc(C)ccc1C. The van der Waals surface area contributed by atoms with Gasteiger partial charge in [-0.1, -0.05) is 47.5 Å². The molecule has 0 N–H and O–H groups in total. The Kier molecular flexibility index (Phi) is 6.64. The van der Waals surface area contributed by atoms with E-state index >= 15 is 0 Å². The normalized spacial score (nSPS) is 23.7. The molecule has 2 fully saturated rings. The summed E-state index contributed by atoms with van der Waals surface area (Å²) in [5.74, 6) is 0.822. The average molecular weight is 409 g/mol. The number of ether oxygens (including phenoxy) is 2. The predicted octanol–water partition coefficient (Wildman–Crippen LogP) is 5.16. The Hall–Kier alpha value is -2.62. The molecular formula is C26H32O4. The lowest BCUT2D eigenvalue weighted by molar-refractivity contribution is -0.143. The second-order valence-corrected chi connectivity index (χ2v) is 8.66. The van der Waals surface area contributed by atoms with E-state index in [9.17, 15) is 9.59 Å². The van der Waals surface area contributed by atoms with Crippen LogP contribution >= 0.6 is 0 Å². The summed E-state index contributed by atoms with van der Waals surface area (Å²) in [7, 11) is 2.92. The summed E-state index contributed by atoms with van der Waals surface area (Å²) in [5, 5.41) is 0. The lowest BCUT2D eigenvalue weighted by atomic mass is 10.0. The fourth-order valence-corrected chi connectivity index (χ4v) is 4.22. The van der Waals surface area contributed by atoms with E-state index in [0.717, 1.165) is 12.8 Å². The van der Waals surface area contributed by atoms with Crippen molar-refractivity contribution in [2.24, 2.45) is 11.8 Å². The van der Waals surface area contributed by atoms with Crippen LogP contribution in [-0.4, -0.2) is 26.2 Å². The zero-order valence-corrected chi connectivity index (χ0v) is 18.8. The highest BCUT2D eigenvalue weighted by Gasteiger charge is 2.46. The van der Waals surface area contributed by atoms with Gasteiger partial charge in [-0.15, -0.1) is 0 Å². The van der Waals surface area contributed by atoms with E-state index in [4.69, 9.17) is 9.47 Å². The van der Waals surface area contributed by atoms with Crippen LogP contribution in [0.4, 0.5) is 0 Å². The van der Waals surface area contributed by atoms with Crippen LogP contribution in [0.2, 0.25) is 0 Å². The molecule has 4 atom stereocenters. The lowest BCUT2D eigenvalue weighted by Crippen LogP contribution is -2.04. The zero-order chi connectivity index (χ0) is 22.0. The molecule has 0 saturated heterocycles. The Morgan fingerprint density at radius 1 is 0.700 bits per heavy atom. The third-order valence-electron chi connectivity index (χ3n) is 6.26. The quantitative estimate of drug-likeness (QED) is 0.656. The second kappa shape index (κ2) is 9.03. The second-order valence-electron chi connectivity index (χ2n) is 8.66. The van der Waals surface area contributed by atoms with Crippen molar-refractivity contribution in [3.63, 3.8) is 0 Å². The number of carbonyl (C=O) groups is 2. The molecule has 2 saturated carbocycles. The summed E-state index contributed by atoms with van der Waals surface area (Å²) < 4.78 is 9.51. The highest BCUT2D eigenvalue weighted by atomic mass is 16.5. The van der Waals surface area contributed by atoms with Crippen LogP contribution in [-0.2, 0) is 19.1 Å². The van der Waals surface area contributed by atoms with Gasteiger partial charge in [-0.3, -0.25) is 9.59 Å². The highest BCUT2D eigenvalue weighted by Crippen LogP contribution is 2.50. The first-order chi connectivity index (χ1) is 14.3. The van der Waals surface area contributed by atoms with E-state index in [0.29, 0.717) is 11.8 Å². The number of rotatable bonds is 4. The molecule has 0 heterocycles. The van der Waals surface area contributed by atoms with Crippen molar-refractivity contribution >= 4 is 11.9 Å². The topological polar surface area (TPSA) is 52.6 Å². The maximum absolute atomic E-state index is 11.3. The van der Waals surface area contributed by atoms with Gasteiger partial charge in [0.05, 0.1) is 26.1 Å². The van der Waals surface area contributed by atoms with Crippen LogP contribution in [0, 0.1) is 39.5 Å². The van der Waals surface area contributed by atoms with Crippen molar-refractivity contribution in [3.05, 3.63) is 69.8 Å². The first-order valence-corrected chi connectivity index (χ1v) is 10.6. The van der Waals surface area contributed by atoms with Crippen molar-refractivity contribution in [3.8, 4) is 0 Å². The van der Waals surface area contributed by atoms with E-state index in [1.807, 2.05) is 0 Å². The van der Waals surface area contributed by atoms with Crippen LogP contribution < -0.4 is 0 Å². The molecule has 0 radical (unpaired) electrons. The largest absolute Gasteiger partial charge is 0.469 e. The molecule has 2 aromatic carbocycles. The summed E-state index contributed by atoms with van der Waals surface area (Å²) >= 11 is 0. The minimum atomic E-state index is -0.0686. The van der Waals surface area contributed by atoms with Gasteiger partial charge in [0, 0.05) is 0 Å². The maximum atomic E-state index is 11.3. The maximum Gasteiger partial charge on any atom is 0.309 e.